The molecule has 1 aliphatic carbocycles. The van der Waals surface area contributed by atoms with Crippen molar-refractivity contribution in [1.29, 1.82) is 0 Å². The fourth-order valence-corrected chi connectivity index (χ4v) is 6.21. The Hall–Kier alpha value is -2.16. The number of ether oxygens (including phenoxy) is 1. The van der Waals surface area contributed by atoms with Crippen LogP contribution in [0.3, 0.4) is 0 Å². The van der Waals surface area contributed by atoms with Gasteiger partial charge in [0.25, 0.3) is 0 Å². The number of rotatable bonds is 5. The van der Waals surface area contributed by atoms with Crippen LogP contribution in [0.2, 0.25) is 5.02 Å². The molecule has 162 valence electrons. The van der Waals surface area contributed by atoms with E-state index in [1.54, 1.807) is 26.8 Å². The van der Waals surface area contributed by atoms with Gasteiger partial charge in [-0.05, 0) is 62.7 Å². The molecule has 3 N–H and O–H groups in total. The Morgan fingerprint density at radius 3 is 2.40 bits per heavy atom. The second-order valence-electron chi connectivity index (χ2n) is 8.32. The molecule has 0 unspecified atom stereocenters. The molecule has 3 rings (SSSR count). The molecular weight excluding hydrogens is 431 g/mol. The van der Waals surface area contributed by atoms with Gasteiger partial charge in [-0.1, -0.05) is 23.7 Å². The smallest absolute Gasteiger partial charge is 0.408 e. The largest absolute Gasteiger partial charge is 0.444 e. The lowest BCUT2D eigenvalue weighted by Crippen LogP contribution is -2.49. The van der Waals surface area contributed by atoms with Crippen LogP contribution in [0.1, 0.15) is 32.3 Å². The zero-order valence-corrected chi connectivity index (χ0v) is 18.4. The summed E-state index contributed by atoms with van der Waals surface area (Å²) in [6.45, 7) is 4.91. The third kappa shape index (κ3) is 4.31. The molecule has 0 radical (unpaired) electrons. The molecule has 1 aliphatic rings. The Bertz CT molecular complexity index is 1050. The molecule has 2 aromatic carbocycles. The van der Waals surface area contributed by atoms with E-state index in [-0.39, 0.29) is 11.4 Å². The van der Waals surface area contributed by atoms with Gasteiger partial charge in [0.2, 0.25) is 0 Å². The molecule has 0 aromatic heterocycles. The number of amides is 1. The van der Waals surface area contributed by atoms with Gasteiger partial charge in [-0.15, -0.1) is 0 Å². The van der Waals surface area contributed by atoms with Crippen LogP contribution in [0.4, 0.5) is 9.18 Å². The number of carbonyl (C=O) groups excluding carboxylic acids is 1. The van der Waals surface area contributed by atoms with Gasteiger partial charge in [0.05, 0.1) is 10.4 Å². The van der Waals surface area contributed by atoms with E-state index in [9.17, 15) is 17.6 Å². The normalized spacial score (nSPS) is 23.7. The molecule has 0 heterocycles. The zero-order valence-electron chi connectivity index (χ0n) is 16.9. The lowest BCUT2D eigenvalue weighted by Gasteiger charge is -2.24. The maximum Gasteiger partial charge on any atom is 0.408 e. The Labute approximate surface area is 180 Å². The van der Waals surface area contributed by atoms with Crippen LogP contribution in [-0.4, -0.2) is 37.4 Å². The van der Waals surface area contributed by atoms with Gasteiger partial charge in [0.15, 0.2) is 9.84 Å². The average Bonchev–Trinajstić information content (AvgIpc) is 3.30. The van der Waals surface area contributed by atoms with E-state index in [2.05, 4.69) is 5.32 Å². The summed E-state index contributed by atoms with van der Waals surface area (Å²) in [4.78, 5) is 12.5. The summed E-state index contributed by atoms with van der Waals surface area (Å²) in [6, 6.07) is 11.4. The van der Waals surface area contributed by atoms with E-state index < -0.39 is 44.1 Å². The highest BCUT2D eigenvalue weighted by Crippen LogP contribution is 2.57. The SMILES string of the molecule is CC(C)(C)OC(=O)N[C@]1(CN)[C@H](c2cccc(F)c2)[C@@H]1S(=O)(=O)c1ccc(Cl)cc1. The van der Waals surface area contributed by atoms with Crippen molar-refractivity contribution in [1.82, 2.24) is 5.32 Å². The molecule has 1 amide bonds. The Kier molecular flexibility index (Phi) is 5.88. The number of hydrogen-bond acceptors (Lipinski definition) is 5. The summed E-state index contributed by atoms with van der Waals surface area (Å²) in [7, 11) is -3.93. The van der Waals surface area contributed by atoms with Crippen molar-refractivity contribution in [3.05, 3.63) is 64.9 Å². The molecule has 0 bridgehead atoms. The number of hydrogen-bond donors (Lipinski definition) is 2. The minimum Gasteiger partial charge on any atom is -0.444 e. The standard InChI is InChI=1S/C21H24ClFN2O4S/c1-20(2,3)29-19(26)25-21(12-24)17(13-5-4-6-15(23)11-13)18(21)30(27,28)16-9-7-14(22)8-10-16/h4-11,17-18H,12,24H2,1-3H3,(H,25,26)/t17-,18+,21-/m1/s1. The Morgan fingerprint density at radius 1 is 1.23 bits per heavy atom. The number of alkyl carbamates (subject to hydrolysis) is 1. The highest BCUT2D eigenvalue weighted by Gasteiger charge is 2.71. The van der Waals surface area contributed by atoms with Crippen LogP contribution in [0.25, 0.3) is 0 Å². The molecule has 1 fully saturated rings. The van der Waals surface area contributed by atoms with Crippen molar-refractivity contribution in [2.24, 2.45) is 5.73 Å². The summed E-state index contributed by atoms with van der Waals surface area (Å²) in [5.74, 6) is -1.25. The predicted molar refractivity (Wildman–Crippen MR) is 113 cm³/mol. The molecule has 1 saturated carbocycles. The van der Waals surface area contributed by atoms with Crippen LogP contribution < -0.4 is 11.1 Å². The fraction of sp³-hybridized carbons (Fsp3) is 0.381. The fourth-order valence-electron chi connectivity index (χ4n) is 3.74. The van der Waals surface area contributed by atoms with Crippen molar-refractivity contribution in [2.45, 2.75) is 48.0 Å². The van der Waals surface area contributed by atoms with E-state index in [0.29, 0.717) is 10.6 Å². The third-order valence-electron chi connectivity index (χ3n) is 5.01. The van der Waals surface area contributed by atoms with Crippen LogP contribution in [0, 0.1) is 5.82 Å². The highest BCUT2D eigenvalue weighted by molar-refractivity contribution is 7.92. The quantitative estimate of drug-likeness (QED) is 0.718. The van der Waals surface area contributed by atoms with Gasteiger partial charge in [-0.25, -0.2) is 17.6 Å². The number of carbonyl (C=O) groups is 1. The summed E-state index contributed by atoms with van der Waals surface area (Å²) in [5.41, 5.74) is 4.29. The molecule has 0 spiro atoms. The summed E-state index contributed by atoms with van der Waals surface area (Å²) < 4.78 is 46.1. The Morgan fingerprint density at radius 2 is 1.87 bits per heavy atom. The molecule has 9 heteroatoms. The Balaban J connectivity index is 2.05. The molecule has 3 atom stereocenters. The van der Waals surface area contributed by atoms with Crippen LogP contribution in [0.5, 0.6) is 0 Å². The van der Waals surface area contributed by atoms with Gasteiger partial charge >= 0.3 is 6.09 Å². The first-order valence-electron chi connectivity index (χ1n) is 9.37. The van der Waals surface area contributed by atoms with Crippen molar-refractivity contribution in [3.63, 3.8) is 0 Å². The van der Waals surface area contributed by atoms with Gasteiger partial charge < -0.3 is 15.8 Å². The van der Waals surface area contributed by atoms with Gasteiger partial charge in [0.1, 0.15) is 16.7 Å². The van der Waals surface area contributed by atoms with Gasteiger partial charge in [0, 0.05) is 17.5 Å². The number of benzene rings is 2. The maximum atomic E-state index is 13.9. The van der Waals surface area contributed by atoms with Crippen molar-refractivity contribution in [2.75, 3.05) is 6.54 Å². The summed E-state index contributed by atoms with van der Waals surface area (Å²) in [6.07, 6.45) is -0.789. The first-order chi connectivity index (χ1) is 13.9. The number of halogens is 2. The van der Waals surface area contributed by atoms with Gasteiger partial charge in [-0.2, -0.15) is 0 Å². The van der Waals surface area contributed by atoms with E-state index in [4.69, 9.17) is 22.1 Å². The van der Waals surface area contributed by atoms with Crippen LogP contribution in [0.15, 0.2) is 53.4 Å². The highest BCUT2D eigenvalue weighted by atomic mass is 35.5. The van der Waals surface area contributed by atoms with E-state index >= 15 is 0 Å². The topological polar surface area (TPSA) is 98.5 Å². The van der Waals surface area contributed by atoms with Crippen LogP contribution in [-0.2, 0) is 14.6 Å². The van der Waals surface area contributed by atoms with Gasteiger partial charge in [-0.3, -0.25) is 0 Å². The molecular formula is C21H24ClFN2O4S. The predicted octanol–water partition coefficient (Wildman–Crippen LogP) is 3.64. The first kappa shape index (κ1) is 22.5. The second kappa shape index (κ2) is 7.83. The molecule has 2 aromatic rings. The molecule has 0 aliphatic heterocycles. The number of sulfone groups is 1. The van der Waals surface area contributed by atoms with Crippen molar-refractivity contribution in [3.8, 4) is 0 Å². The van der Waals surface area contributed by atoms with E-state index in [1.807, 2.05) is 0 Å². The summed E-state index contributed by atoms with van der Waals surface area (Å²) in [5, 5.41) is 1.97. The monoisotopic (exact) mass is 454 g/mol. The first-order valence-corrected chi connectivity index (χ1v) is 11.3. The molecule has 30 heavy (non-hydrogen) atoms. The lowest BCUT2D eigenvalue weighted by atomic mass is 10.1. The van der Waals surface area contributed by atoms with E-state index in [0.717, 1.165) is 0 Å². The molecule has 6 nitrogen and oxygen atoms in total. The lowest BCUT2D eigenvalue weighted by molar-refractivity contribution is 0.0497. The minimum atomic E-state index is -3.93. The van der Waals surface area contributed by atoms with Crippen molar-refractivity contribution < 1.29 is 22.3 Å². The number of nitrogens with two attached hydrogens (primary N) is 1. The van der Waals surface area contributed by atoms with Crippen molar-refractivity contribution >= 4 is 27.5 Å². The number of nitrogens with one attached hydrogen (secondary N) is 1. The second-order valence-corrected chi connectivity index (χ2v) is 10.8. The minimum absolute atomic E-state index is 0.0413. The molecule has 0 saturated heterocycles. The average molecular weight is 455 g/mol. The maximum absolute atomic E-state index is 13.9. The van der Waals surface area contributed by atoms with E-state index in [1.165, 1.54) is 42.5 Å². The van der Waals surface area contributed by atoms with Crippen LogP contribution >= 0.6 is 11.6 Å². The third-order valence-corrected chi connectivity index (χ3v) is 7.55. The zero-order chi connectivity index (χ0) is 22.3. The summed E-state index contributed by atoms with van der Waals surface area (Å²) >= 11 is 5.88.